The molecule has 0 saturated carbocycles. The number of benzene rings is 1. The van der Waals surface area contributed by atoms with Crippen molar-refractivity contribution < 1.29 is 50.3 Å². The van der Waals surface area contributed by atoms with Gasteiger partial charge in [-0.25, -0.2) is 4.79 Å². The van der Waals surface area contributed by atoms with E-state index in [9.17, 15) is 45.5 Å². The highest BCUT2D eigenvalue weighted by Gasteiger charge is 2.34. The molecule has 1 aliphatic rings. The van der Waals surface area contributed by atoms with Crippen LogP contribution in [0.2, 0.25) is 0 Å². The summed E-state index contributed by atoms with van der Waals surface area (Å²) in [7, 11) is 0. The second-order valence-electron chi connectivity index (χ2n) is 6.02. The second-order valence-corrected chi connectivity index (χ2v) is 7.26. The number of thioether (sulfide) groups is 1. The van der Waals surface area contributed by atoms with Crippen molar-refractivity contribution in [2.75, 3.05) is 18.5 Å². The van der Waals surface area contributed by atoms with Crippen LogP contribution in [0, 0.1) is 0 Å². The molecule has 0 aromatic heterocycles. The van der Waals surface area contributed by atoms with Crippen LogP contribution in [0.4, 0.5) is 36.8 Å². The molecule has 2 rings (SSSR count). The van der Waals surface area contributed by atoms with E-state index in [4.69, 9.17) is 0 Å². The maximum Gasteiger partial charge on any atom is 0.416 e. The molecule has 0 bridgehead atoms. The second kappa shape index (κ2) is 9.45. The lowest BCUT2D eigenvalue weighted by Gasteiger charge is -2.24. The molecule has 31 heavy (non-hydrogen) atoms. The third-order valence-corrected chi connectivity index (χ3v) is 4.82. The maximum atomic E-state index is 12.7. The molecule has 15 heteroatoms. The predicted octanol–water partition coefficient (Wildman–Crippen LogP) is 2.44. The van der Waals surface area contributed by atoms with E-state index < -0.39 is 66.6 Å². The van der Waals surface area contributed by atoms with Gasteiger partial charge in [0, 0.05) is 4.90 Å². The lowest BCUT2D eigenvalue weighted by Crippen LogP contribution is -2.44. The molecule has 0 saturated heterocycles. The smallest absolute Gasteiger partial charge is 0.416 e. The number of halogens is 6. The number of nitrogens with one attached hydrogen (secondary N) is 3. The van der Waals surface area contributed by atoms with E-state index in [1.54, 1.807) is 0 Å². The first kappa shape index (κ1) is 24.3. The third kappa shape index (κ3) is 7.66. The van der Waals surface area contributed by atoms with E-state index in [0.717, 1.165) is 30.0 Å². The molecule has 0 aliphatic carbocycles. The Morgan fingerprint density at radius 2 is 1.81 bits per heavy atom. The fourth-order valence-corrected chi connectivity index (χ4v) is 3.28. The maximum absolute atomic E-state index is 12.7. The number of hydrogen-bond acceptors (Lipinski definition) is 6. The molecule has 1 aromatic carbocycles. The Bertz CT molecular complexity index is 889. The molecular formula is C16H13F6N3O5S. The van der Waals surface area contributed by atoms with Gasteiger partial charge in [-0.3, -0.25) is 19.7 Å². The number of rotatable bonds is 5. The molecular weight excluding hydrogens is 460 g/mol. The molecule has 1 atom stereocenters. The van der Waals surface area contributed by atoms with Gasteiger partial charge in [0.25, 0.3) is 5.91 Å². The highest BCUT2D eigenvalue weighted by Crippen LogP contribution is 2.40. The van der Waals surface area contributed by atoms with E-state index in [0.29, 0.717) is 0 Å². The summed E-state index contributed by atoms with van der Waals surface area (Å²) in [6.07, 6.45) is -9.84. The van der Waals surface area contributed by atoms with Gasteiger partial charge in [-0.15, -0.1) is 11.8 Å². The van der Waals surface area contributed by atoms with Crippen LogP contribution < -0.4 is 16.0 Å². The van der Waals surface area contributed by atoms with Crippen molar-refractivity contribution in [3.63, 3.8) is 0 Å². The summed E-state index contributed by atoms with van der Waals surface area (Å²) in [6, 6.07) is 1.25. The molecule has 1 aliphatic heterocycles. The number of fused-ring (bicyclic) bond motifs is 1. The van der Waals surface area contributed by atoms with Gasteiger partial charge in [0.2, 0.25) is 5.91 Å². The van der Waals surface area contributed by atoms with Crippen LogP contribution in [0.3, 0.4) is 0 Å². The zero-order valence-corrected chi connectivity index (χ0v) is 16.0. The Morgan fingerprint density at radius 3 is 2.42 bits per heavy atom. The predicted molar refractivity (Wildman–Crippen MR) is 92.9 cm³/mol. The van der Waals surface area contributed by atoms with Gasteiger partial charge in [0.05, 0.1) is 22.9 Å². The van der Waals surface area contributed by atoms with E-state index in [1.165, 1.54) is 10.6 Å². The minimum atomic E-state index is -4.68. The minimum Gasteiger partial charge on any atom is -0.456 e. The average Bonchev–Trinajstić information content (AvgIpc) is 2.63. The highest BCUT2D eigenvalue weighted by molar-refractivity contribution is 8.01. The van der Waals surface area contributed by atoms with Crippen LogP contribution in [0.15, 0.2) is 23.1 Å². The third-order valence-electron chi connectivity index (χ3n) is 3.55. The normalized spacial score (nSPS) is 16.1. The monoisotopic (exact) mass is 473 g/mol. The Labute approximate surface area is 174 Å². The first-order chi connectivity index (χ1) is 14.2. The minimum absolute atomic E-state index is 0.0707. The molecule has 1 aromatic rings. The highest BCUT2D eigenvalue weighted by atomic mass is 32.2. The Hall–Kier alpha value is -2.97. The molecule has 0 fully saturated rings. The summed E-state index contributed by atoms with van der Waals surface area (Å²) in [6.45, 7) is -2.67. The fraction of sp³-hybridized carbons (Fsp3) is 0.375. The van der Waals surface area contributed by atoms with Crippen LogP contribution >= 0.6 is 11.8 Å². The van der Waals surface area contributed by atoms with Gasteiger partial charge in [0.1, 0.15) is 6.54 Å². The van der Waals surface area contributed by atoms with E-state index >= 15 is 0 Å². The van der Waals surface area contributed by atoms with Gasteiger partial charge < -0.3 is 15.4 Å². The summed E-state index contributed by atoms with van der Waals surface area (Å²) >= 11 is 0.815. The molecule has 0 radical (unpaired) electrons. The van der Waals surface area contributed by atoms with E-state index in [-0.39, 0.29) is 10.6 Å². The van der Waals surface area contributed by atoms with Gasteiger partial charge >= 0.3 is 24.4 Å². The van der Waals surface area contributed by atoms with Crippen molar-refractivity contribution >= 4 is 41.3 Å². The van der Waals surface area contributed by atoms with Crippen molar-refractivity contribution in [1.29, 1.82) is 0 Å². The number of alkyl halides is 6. The van der Waals surface area contributed by atoms with E-state index in [2.05, 4.69) is 10.1 Å². The lowest BCUT2D eigenvalue weighted by molar-refractivity contribution is -0.148. The van der Waals surface area contributed by atoms with Crippen molar-refractivity contribution in [1.82, 2.24) is 10.6 Å². The summed E-state index contributed by atoms with van der Waals surface area (Å²) < 4.78 is 78.6. The topological polar surface area (TPSA) is 114 Å². The van der Waals surface area contributed by atoms with Gasteiger partial charge in [0.15, 0.2) is 6.61 Å². The molecule has 1 unspecified atom stereocenters. The summed E-state index contributed by atoms with van der Waals surface area (Å²) in [5, 5.41) is 4.07. The molecule has 0 spiro atoms. The van der Waals surface area contributed by atoms with Crippen molar-refractivity contribution in [2.45, 2.75) is 28.9 Å². The number of urea groups is 1. The molecule has 4 amide bonds. The largest absolute Gasteiger partial charge is 0.456 e. The first-order valence-corrected chi connectivity index (χ1v) is 9.11. The number of anilines is 1. The number of esters is 1. The summed E-state index contributed by atoms with van der Waals surface area (Å²) in [4.78, 5) is 46.6. The number of hydrogen-bond donors (Lipinski definition) is 3. The summed E-state index contributed by atoms with van der Waals surface area (Å²) in [5.74, 6) is -3.02. The van der Waals surface area contributed by atoms with Crippen LogP contribution in [0.1, 0.15) is 12.0 Å². The Balaban J connectivity index is 1.83. The molecule has 170 valence electrons. The van der Waals surface area contributed by atoms with Crippen LogP contribution in [-0.2, 0) is 25.3 Å². The zero-order valence-electron chi connectivity index (χ0n) is 15.1. The SMILES string of the molecule is O=C(COC(=O)CC1Sc2ccc(C(F)(F)F)cc2NC1=O)NC(=O)NCC(F)(F)F. The van der Waals surface area contributed by atoms with Gasteiger partial charge in [-0.05, 0) is 18.2 Å². The summed E-state index contributed by atoms with van der Waals surface area (Å²) in [5.41, 5.74) is -1.03. The van der Waals surface area contributed by atoms with Crippen molar-refractivity contribution in [3.8, 4) is 0 Å². The molecule has 3 N–H and O–H groups in total. The van der Waals surface area contributed by atoms with Gasteiger partial charge in [-0.1, -0.05) is 0 Å². The van der Waals surface area contributed by atoms with Crippen LogP contribution in [0.25, 0.3) is 0 Å². The number of amides is 4. The quantitative estimate of drug-likeness (QED) is 0.447. The standard InChI is InChI=1S/C16H13F6N3O5S/c17-15(18,19)6-23-14(29)25-11(26)5-30-12(27)4-10-13(28)24-8-3-7(16(20,21)22)1-2-9(8)31-10/h1-3,10H,4-6H2,(H,24,28)(H2,23,25,26,29). The Morgan fingerprint density at radius 1 is 1.13 bits per heavy atom. The fourth-order valence-electron chi connectivity index (χ4n) is 2.20. The average molecular weight is 473 g/mol. The zero-order chi connectivity index (χ0) is 23.4. The molecule has 1 heterocycles. The van der Waals surface area contributed by atoms with Gasteiger partial charge in [-0.2, -0.15) is 26.3 Å². The van der Waals surface area contributed by atoms with Crippen LogP contribution in [-0.4, -0.2) is 48.4 Å². The van der Waals surface area contributed by atoms with E-state index in [1.807, 2.05) is 0 Å². The Kier molecular flexibility index (Phi) is 7.41. The number of carbonyl (C=O) groups is 4. The number of imide groups is 1. The van der Waals surface area contributed by atoms with Crippen molar-refractivity contribution in [3.05, 3.63) is 23.8 Å². The number of carbonyl (C=O) groups excluding carboxylic acids is 4. The van der Waals surface area contributed by atoms with Crippen molar-refractivity contribution in [2.24, 2.45) is 0 Å². The number of ether oxygens (including phenoxy) is 1. The van der Waals surface area contributed by atoms with Crippen LogP contribution in [0.5, 0.6) is 0 Å². The lowest BCUT2D eigenvalue weighted by atomic mass is 10.1. The first-order valence-electron chi connectivity index (χ1n) is 8.23. The molecule has 8 nitrogen and oxygen atoms in total.